The highest BCUT2D eigenvalue weighted by Gasteiger charge is 2.60. The second-order valence-corrected chi connectivity index (χ2v) is 13.4. The topological polar surface area (TPSA) is 61.8 Å². The normalized spacial score (nSPS) is 45.1. The molecule has 9 atom stereocenters. The van der Waals surface area contributed by atoms with Crippen LogP contribution in [0.2, 0.25) is 0 Å². The van der Waals surface area contributed by atoms with Crippen LogP contribution in [0.25, 0.3) is 0 Å². The minimum Gasteiger partial charge on any atom is -0.516 e. The molecule has 4 aliphatic carbocycles. The molecule has 0 saturated heterocycles. The summed E-state index contributed by atoms with van der Waals surface area (Å²) in [5.41, 5.74) is 1.76. The predicted molar refractivity (Wildman–Crippen MR) is 136 cm³/mol. The number of aliphatic hydroxyl groups excluding tert-OH is 1. The number of hydrogen-bond acceptors (Lipinski definition) is 3. The molecule has 0 amide bonds. The van der Waals surface area contributed by atoms with Gasteiger partial charge in [0, 0.05) is 12.7 Å². The number of allylic oxidation sites excluding steroid dienone is 1. The fraction of sp³-hybridized carbons (Fsp3) is 0.800. The number of nitrogens with zero attached hydrogens (tertiary/aromatic N) is 3. The Kier molecular flexibility index (Phi) is 6.14. The number of aromatic nitrogens is 2. The van der Waals surface area contributed by atoms with Gasteiger partial charge in [-0.15, -0.1) is 0 Å². The minimum absolute atomic E-state index is 0.166. The number of aliphatic hydroxyl groups is 1. The van der Waals surface area contributed by atoms with Crippen LogP contribution < -0.4 is 0 Å². The van der Waals surface area contributed by atoms with Crippen molar-refractivity contribution >= 4 is 0 Å². The molecule has 0 radical (unpaired) electrons. The Balaban J connectivity index is 1.33. The first kappa shape index (κ1) is 24.0. The highest BCUT2D eigenvalue weighted by Crippen LogP contribution is 2.68. The van der Waals surface area contributed by atoms with Gasteiger partial charge in [0.05, 0.1) is 18.0 Å². The summed E-state index contributed by atoms with van der Waals surface area (Å²) in [5.74, 6) is 4.85. The molecule has 4 nitrogen and oxygen atoms in total. The van der Waals surface area contributed by atoms with E-state index in [0.29, 0.717) is 22.3 Å². The van der Waals surface area contributed by atoms with E-state index >= 15 is 0 Å². The number of hydrogen-bond donors (Lipinski definition) is 1. The quantitative estimate of drug-likeness (QED) is 0.470. The highest BCUT2D eigenvalue weighted by atomic mass is 16.2. The maximum Gasteiger partial charge on any atom is 0.102 e. The van der Waals surface area contributed by atoms with Gasteiger partial charge < -0.3 is 5.11 Å². The molecule has 0 bridgehead atoms. The zero-order chi connectivity index (χ0) is 24.1. The van der Waals surface area contributed by atoms with Crippen LogP contribution >= 0.6 is 0 Å². The molecule has 34 heavy (non-hydrogen) atoms. The van der Waals surface area contributed by atoms with Gasteiger partial charge in [-0.05, 0) is 122 Å². The Labute approximate surface area is 206 Å². The predicted octanol–water partition coefficient (Wildman–Crippen LogP) is 7.52. The molecular weight excluding hydrogens is 418 g/mol. The summed E-state index contributed by atoms with van der Waals surface area (Å²) in [5, 5.41) is 23.1. The van der Waals surface area contributed by atoms with Crippen molar-refractivity contribution in [3.05, 3.63) is 30.3 Å². The van der Waals surface area contributed by atoms with Gasteiger partial charge in [-0.3, -0.25) is 4.68 Å². The zero-order valence-corrected chi connectivity index (χ0v) is 21.8. The monoisotopic (exact) mass is 463 g/mol. The Morgan fingerprint density at radius 2 is 1.85 bits per heavy atom. The second kappa shape index (κ2) is 8.72. The summed E-state index contributed by atoms with van der Waals surface area (Å²) in [6.07, 6.45) is 20.5. The third-order valence-electron chi connectivity index (χ3n) is 11.8. The van der Waals surface area contributed by atoms with E-state index in [4.69, 9.17) is 5.26 Å². The Bertz CT molecular complexity index is 960. The molecule has 0 aliphatic heterocycles. The van der Waals surface area contributed by atoms with E-state index in [1.165, 1.54) is 70.5 Å². The fourth-order valence-corrected chi connectivity index (χ4v) is 9.85. The summed E-state index contributed by atoms with van der Waals surface area (Å²) in [6, 6.07) is 2.22. The van der Waals surface area contributed by atoms with Crippen molar-refractivity contribution in [1.82, 2.24) is 9.78 Å². The van der Waals surface area contributed by atoms with Crippen molar-refractivity contribution in [3.63, 3.8) is 0 Å². The smallest absolute Gasteiger partial charge is 0.102 e. The number of nitriles is 1. The van der Waals surface area contributed by atoms with Crippen molar-refractivity contribution in [3.8, 4) is 6.07 Å². The third kappa shape index (κ3) is 3.82. The summed E-state index contributed by atoms with van der Waals surface area (Å²) in [4.78, 5) is 0. The second-order valence-electron chi connectivity index (χ2n) is 13.4. The van der Waals surface area contributed by atoms with E-state index in [9.17, 15) is 5.11 Å². The average molecular weight is 464 g/mol. The Morgan fingerprint density at radius 1 is 1.06 bits per heavy atom. The summed E-state index contributed by atoms with van der Waals surface area (Å²) in [6.45, 7) is 11.0. The standard InChI is InChI=1S/C30H45N3O/c1-21(19-33-20-22(17-31)18-32-33)25-7-8-26-24-6-5-23-9-11-28(2,15-16-34)13-14-29(23,3)27(24)10-12-30(25,26)4/h15-16,18,20-21,23-27,34H,5-14,19H2,1-4H3/b16-15+/t21-,23?,24+,25-,26?,27?,28+,29+,30-/m1/s1. The van der Waals surface area contributed by atoms with Crippen molar-refractivity contribution in [2.45, 2.75) is 98.4 Å². The SMILES string of the molecule is C[C@H](Cn1cc(C#N)cn1)[C@H]1CCC2[C@@H]3CCC4CC[C@](C)(/C=C/O)CC[C@]4(C)C3CC[C@@]21C. The fourth-order valence-electron chi connectivity index (χ4n) is 9.85. The minimum atomic E-state index is 0.166. The van der Waals surface area contributed by atoms with Gasteiger partial charge in [-0.25, -0.2) is 0 Å². The van der Waals surface area contributed by atoms with Crippen LogP contribution in [-0.2, 0) is 6.54 Å². The molecule has 5 rings (SSSR count). The molecule has 1 N–H and O–H groups in total. The molecule has 4 aliphatic rings. The number of rotatable bonds is 4. The molecule has 1 heterocycles. The summed E-state index contributed by atoms with van der Waals surface area (Å²) >= 11 is 0. The van der Waals surface area contributed by atoms with E-state index in [1.54, 1.807) is 6.20 Å². The third-order valence-corrected chi connectivity index (χ3v) is 11.8. The van der Waals surface area contributed by atoms with E-state index < -0.39 is 0 Å². The Hall–Kier alpha value is -1.76. The van der Waals surface area contributed by atoms with Crippen LogP contribution in [-0.4, -0.2) is 14.9 Å². The molecule has 4 saturated carbocycles. The molecule has 4 fully saturated rings. The van der Waals surface area contributed by atoms with Crippen molar-refractivity contribution < 1.29 is 5.11 Å². The van der Waals surface area contributed by atoms with E-state index in [2.05, 4.69) is 44.9 Å². The van der Waals surface area contributed by atoms with E-state index in [1.807, 2.05) is 10.9 Å². The van der Waals surface area contributed by atoms with Gasteiger partial charge >= 0.3 is 0 Å². The van der Waals surface area contributed by atoms with E-state index in [-0.39, 0.29) is 5.41 Å². The van der Waals surface area contributed by atoms with Crippen molar-refractivity contribution in [2.24, 2.45) is 51.8 Å². The largest absolute Gasteiger partial charge is 0.516 e. The van der Waals surface area contributed by atoms with Gasteiger partial charge in [-0.1, -0.05) is 27.7 Å². The first-order valence-corrected chi connectivity index (χ1v) is 14.0. The van der Waals surface area contributed by atoms with Crippen LogP contribution in [0.15, 0.2) is 24.7 Å². The summed E-state index contributed by atoms with van der Waals surface area (Å²) in [7, 11) is 0. The lowest BCUT2D eigenvalue weighted by Crippen LogP contribution is -2.52. The van der Waals surface area contributed by atoms with Gasteiger partial charge in [0.2, 0.25) is 0 Å². The zero-order valence-electron chi connectivity index (χ0n) is 21.8. The van der Waals surface area contributed by atoms with Crippen LogP contribution in [0.4, 0.5) is 0 Å². The van der Waals surface area contributed by atoms with Crippen LogP contribution in [0, 0.1) is 63.1 Å². The first-order valence-electron chi connectivity index (χ1n) is 14.0. The molecular formula is C30H45N3O. The molecule has 1 aromatic rings. The Morgan fingerprint density at radius 3 is 2.59 bits per heavy atom. The maximum atomic E-state index is 9.49. The molecule has 0 aromatic carbocycles. The summed E-state index contributed by atoms with van der Waals surface area (Å²) < 4.78 is 2.00. The lowest BCUT2D eigenvalue weighted by Gasteiger charge is -2.59. The van der Waals surface area contributed by atoms with Gasteiger partial charge in [0.1, 0.15) is 6.07 Å². The van der Waals surface area contributed by atoms with Crippen molar-refractivity contribution in [2.75, 3.05) is 0 Å². The molecule has 3 unspecified atom stereocenters. The average Bonchev–Trinajstić information content (AvgIpc) is 3.37. The molecule has 0 spiro atoms. The van der Waals surface area contributed by atoms with Crippen LogP contribution in [0.5, 0.6) is 0 Å². The molecule has 186 valence electrons. The molecule has 4 heteroatoms. The van der Waals surface area contributed by atoms with Crippen molar-refractivity contribution in [1.29, 1.82) is 5.26 Å². The van der Waals surface area contributed by atoms with E-state index in [0.717, 1.165) is 36.1 Å². The van der Waals surface area contributed by atoms with Gasteiger partial charge in [-0.2, -0.15) is 10.4 Å². The van der Waals surface area contributed by atoms with Gasteiger partial charge in [0.15, 0.2) is 0 Å². The van der Waals surface area contributed by atoms with Crippen LogP contribution in [0.1, 0.15) is 97.5 Å². The maximum absolute atomic E-state index is 9.49. The number of fused-ring (bicyclic) bond motifs is 5. The van der Waals surface area contributed by atoms with Gasteiger partial charge in [0.25, 0.3) is 0 Å². The lowest BCUT2D eigenvalue weighted by molar-refractivity contribution is -0.103. The van der Waals surface area contributed by atoms with Crippen LogP contribution in [0.3, 0.4) is 0 Å². The highest BCUT2D eigenvalue weighted by molar-refractivity contribution is 5.21. The lowest BCUT2D eigenvalue weighted by atomic mass is 9.46. The molecule has 1 aromatic heterocycles. The first-order chi connectivity index (χ1) is 16.2.